The third kappa shape index (κ3) is 6.16. The summed E-state index contributed by atoms with van der Waals surface area (Å²) in [5.74, 6) is 0. The summed E-state index contributed by atoms with van der Waals surface area (Å²) in [5, 5.41) is 3.11. The van der Waals surface area contributed by atoms with Gasteiger partial charge in [-0.3, -0.25) is 0 Å². The van der Waals surface area contributed by atoms with Crippen molar-refractivity contribution in [1.82, 2.24) is 15.1 Å². The molecular weight excluding hydrogens is 330 g/mol. The van der Waals surface area contributed by atoms with E-state index in [0.717, 1.165) is 28.8 Å². The summed E-state index contributed by atoms with van der Waals surface area (Å²) >= 11 is 7.47. The number of carbonyl (C=O) groups excluding carboxylic acids is 1. The highest BCUT2D eigenvalue weighted by Gasteiger charge is 2.18. The van der Waals surface area contributed by atoms with Crippen molar-refractivity contribution in [3.8, 4) is 0 Å². The monoisotopic (exact) mass is 355 g/mol. The number of thiophene rings is 1. The average Bonchev–Trinajstić information content (AvgIpc) is 2.93. The summed E-state index contributed by atoms with van der Waals surface area (Å²) in [6.45, 7) is 10.1. The van der Waals surface area contributed by atoms with Crippen molar-refractivity contribution in [1.29, 1.82) is 0 Å². The lowest BCUT2D eigenvalue weighted by Crippen LogP contribution is -2.48. The largest absolute Gasteiger partial charge is 0.334 e. The van der Waals surface area contributed by atoms with Crippen molar-refractivity contribution in [3.63, 3.8) is 0 Å². The molecule has 1 fully saturated rings. The summed E-state index contributed by atoms with van der Waals surface area (Å²) in [7, 11) is 0. The van der Waals surface area contributed by atoms with Gasteiger partial charge in [0.25, 0.3) is 0 Å². The van der Waals surface area contributed by atoms with Gasteiger partial charge in [0.1, 0.15) is 0 Å². The molecule has 2 rings (SSSR count). The molecule has 1 atom stereocenters. The zero-order valence-electron chi connectivity index (χ0n) is 13.8. The second-order valence-corrected chi connectivity index (χ2v) is 7.89. The molecule has 1 unspecified atom stereocenters. The number of hydrogen-bond acceptors (Lipinski definition) is 3. The fraction of sp³-hybridized carbons (Fsp3) is 0.588. The first-order valence-corrected chi connectivity index (χ1v) is 9.41. The number of hydrogen-bond donors (Lipinski definition) is 1. The number of carbonyl (C=O) groups is 1. The third-order valence-corrected chi connectivity index (χ3v) is 5.18. The van der Waals surface area contributed by atoms with Crippen molar-refractivity contribution < 1.29 is 4.79 Å². The second kappa shape index (κ2) is 9.30. The van der Waals surface area contributed by atoms with Gasteiger partial charge >= 0.3 is 6.03 Å². The van der Waals surface area contributed by atoms with Gasteiger partial charge < -0.3 is 15.1 Å². The van der Waals surface area contributed by atoms with Crippen LogP contribution in [-0.4, -0.2) is 48.1 Å². The lowest BCUT2D eigenvalue weighted by Gasteiger charge is -2.30. The number of amides is 2. The molecule has 0 saturated carbocycles. The van der Waals surface area contributed by atoms with Crippen LogP contribution in [0.2, 0.25) is 4.34 Å². The first kappa shape index (κ1) is 18.3. The molecule has 0 aromatic carbocycles. The summed E-state index contributed by atoms with van der Waals surface area (Å²) in [5.41, 5.74) is 0. The Labute approximate surface area is 148 Å². The standard InChI is InChI=1S/C17H26ClN3OS/c1-3-9-21(13-15-7-8-16(18)23-15)17(22)19-14(2)12-20-10-5-4-6-11-20/h3,7-8,14H,1,4-6,9-13H2,2H3,(H,19,22). The smallest absolute Gasteiger partial charge is 0.318 e. The second-order valence-electron chi connectivity index (χ2n) is 6.09. The minimum atomic E-state index is -0.0427. The van der Waals surface area contributed by atoms with Gasteiger partial charge in [0.05, 0.1) is 10.9 Å². The number of rotatable bonds is 7. The van der Waals surface area contributed by atoms with E-state index in [-0.39, 0.29) is 12.1 Å². The molecule has 1 aliphatic rings. The van der Waals surface area contributed by atoms with E-state index in [2.05, 4.69) is 23.7 Å². The number of halogens is 1. The van der Waals surface area contributed by atoms with Crippen LogP contribution in [0.1, 0.15) is 31.1 Å². The molecule has 1 saturated heterocycles. The maximum absolute atomic E-state index is 12.5. The van der Waals surface area contributed by atoms with Gasteiger partial charge in [-0.25, -0.2) is 4.79 Å². The highest BCUT2D eigenvalue weighted by Crippen LogP contribution is 2.22. The van der Waals surface area contributed by atoms with Gasteiger partial charge in [-0.05, 0) is 45.0 Å². The summed E-state index contributed by atoms with van der Waals surface area (Å²) in [6, 6.07) is 3.93. The van der Waals surface area contributed by atoms with Crippen LogP contribution in [-0.2, 0) is 6.54 Å². The van der Waals surface area contributed by atoms with Gasteiger partial charge in [0, 0.05) is 24.0 Å². The third-order valence-electron chi connectivity index (χ3n) is 3.96. The molecule has 23 heavy (non-hydrogen) atoms. The highest BCUT2D eigenvalue weighted by atomic mass is 35.5. The van der Waals surface area contributed by atoms with Crippen molar-refractivity contribution in [2.24, 2.45) is 0 Å². The number of nitrogens with zero attached hydrogens (tertiary/aromatic N) is 2. The van der Waals surface area contributed by atoms with Crippen LogP contribution >= 0.6 is 22.9 Å². The normalized spacial score (nSPS) is 16.8. The Hall–Kier alpha value is -1.04. The summed E-state index contributed by atoms with van der Waals surface area (Å²) in [6.07, 6.45) is 5.61. The van der Waals surface area contributed by atoms with Crippen LogP contribution in [0, 0.1) is 0 Å². The molecule has 6 heteroatoms. The molecule has 4 nitrogen and oxygen atoms in total. The van der Waals surface area contributed by atoms with E-state index in [1.54, 1.807) is 11.0 Å². The van der Waals surface area contributed by atoms with E-state index in [1.165, 1.54) is 30.6 Å². The molecule has 0 radical (unpaired) electrons. The number of urea groups is 1. The van der Waals surface area contributed by atoms with Gasteiger partial charge in [0.15, 0.2) is 0 Å². The van der Waals surface area contributed by atoms with E-state index < -0.39 is 0 Å². The molecular formula is C17H26ClN3OS. The van der Waals surface area contributed by atoms with Crippen molar-refractivity contribution in [2.45, 2.75) is 38.8 Å². The van der Waals surface area contributed by atoms with Gasteiger partial charge in [-0.15, -0.1) is 17.9 Å². The number of piperidine rings is 1. The minimum absolute atomic E-state index is 0.0427. The van der Waals surface area contributed by atoms with E-state index >= 15 is 0 Å². The lowest BCUT2D eigenvalue weighted by molar-refractivity contribution is 0.182. The summed E-state index contributed by atoms with van der Waals surface area (Å²) < 4.78 is 0.748. The topological polar surface area (TPSA) is 35.6 Å². The molecule has 1 aromatic heterocycles. The average molecular weight is 356 g/mol. The highest BCUT2D eigenvalue weighted by molar-refractivity contribution is 7.16. The minimum Gasteiger partial charge on any atom is -0.334 e. The van der Waals surface area contributed by atoms with Crippen LogP contribution in [0.15, 0.2) is 24.8 Å². The van der Waals surface area contributed by atoms with E-state index in [0.29, 0.717) is 13.1 Å². The quantitative estimate of drug-likeness (QED) is 0.751. The number of nitrogens with one attached hydrogen (secondary N) is 1. The van der Waals surface area contributed by atoms with Gasteiger partial charge in [0.2, 0.25) is 0 Å². The molecule has 0 aliphatic carbocycles. The SMILES string of the molecule is C=CCN(Cc1ccc(Cl)s1)C(=O)NC(C)CN1CCCCC1. The van der Waals surface area contributed by atoms with Crippen LogP contribution in [0.3, 0.4) is 0 Å². The van der Waals surface area contributed by atoms with E-state index in [4.69, 9.17) is 11.6 Å². The van der Waals surface area contributed by atoms with Crippen LogP contribution in [0.5, 0.6) is 0 Å². The molecule has 1 aromatic rings. The molecule has 128 valence electrons. The molecule has 0 bridgehead atoms. The Balaban J connectivity index is 1.85. The first-order valence-electron chi connectivity index (χ1n) is 8.21. The maximum atomic E-state index is 12.5. The molecule has 1 aliphatic heterocycles. The predicted octanol–water partition coefficient (Wildman–Crippen LogP) is 3.97. The Morgan fingerprint density at radius 1 is 1.48 bits per heavy atom. The summed E-state index contributed by atoms with van der Waals surface area (Å²) in [4.78, 5) is 17.8. The molecule has 1 N–H and O–H groups in total. The molecule has 0 spiro atoms. The van der Waals surface area contributed by atoms with Crippen LogP contribution < -0.4 is 5.32 Å². The zero-order valence-corrected chi connectivity index (χ0v) is 15.3. The lowest BCUT2D eigenvalue weighted by atomic mass is 10.1. The van der Waals surface area contributed by atoms with Crippen LogP contribution in [0.4, 0.5) is 4.79 Å². The zero-order chi connectivity index (χ0) is 16.7. The Morgan fingerprint density at radius 2 is 2.22 bits per heavy atom. The number of likely N-dealkylation sites (tertiary alicyclic amines) is 1. The Bertz CT molecular complexity index is 514. The Morgan fingerprint density at radius 3 is 2.83 bits per heavy atom. The van der Waals surface area contributed by atoms with Crippen molar-refractivity contribution >= 4 is 29.0 Å². The fourth-order valence-electron chi connectivity index (χ4n) is 2.88. The van der Waals surface area contributed by atoms with E-state index in [9.17, 15) is 4.79 Å². The first-order chi connectivity index (χ1) is 11.1. The molecule has 2 heterocycles. The predicted molar refractivity (Wildman–Crippen MR) is 98.2 cm³/mol. The van der Waals surface area contributed by atoms with Crippen LogP contribution in [0.25, 0.3) is 0 Å². The molecule has 2 amide bonds. The van der Waals surface area contributed by atoms with Gasteiger partial charge in [-0.1, -0.05) is 24.1 Å². The van der Waals surface area contributed by atoms with E-state index in [1.807, 2.05) is 12.1 Å². The van der Waals surface area contributed by atoms with Crippen molar-refractivity contribution in [3.05, 3.63) is 34.0 Å². The van der Waals surface area contributed by atoms with Gasteiger partial charge in [-0.2, -0.15) is 0 Å². The van der Waals surface area contributed by atoms with Crippen molar-refractivity contribution in [2.75, 3.05) is 26.2 Å². The Kier molecular flexibility index (Phi) is 7.40. The maximum Gasteiger partial charge on any atom is 0.318 e. The fourth-order valence-corrected chi connectivity index (χ4v) is 3.98.